The molecule has 42 heavy (non-hydrogen) atoms. The van der Waals surface area contributed by atoms with E-state index in [1.54, 1.807) is 20.8 Å². The Bertz CT molecular complexity index is 1400. The fourth-order valence-corrected chi connectivity index (χ4v) is 4.93. The van der Waals surface area contributed by atoms with Crippen LogP contribution >= 0.6 is 0 Å². The molecule has 1 aliphatic rings. The summed E-state index contributed by atoms with van der Waals surface area (Å²) < 4.78 is 19.4. The Balaban J connectivity index is 1.98. The van der Waals surface area contributed by atoms with Crippen LogP contribution in [-0.2, 0) is 37.7 Å². The topological polar surface area (TPSA) is 160 Å². The molecule has 0 saturated carbocycles. The number of allylic oxidation sites excluding steroid dienone is 1. The lowest BCUT2D eigenvalue weighted by molar-refractivity contribution is -0.156. The second-order valence-electron chi connectivity index (χ2n) is 9.80. The van der Waals surface area contributed by atoms with Gasteiger partial charge in [-0.15, -0.1) is 6.58 Å². The molecule has 3 rings (SSSR count). The molecule has 1 atom stereocenters. The highest BCUT2D eigenvalue weighted by atomic mass is 19.1. The van der Waals surface area contributed by atoms with Crippen LogP contribution in [0.15, 0.2) is 41.7 Å². The van der Waals surface area contributed by atoms with Gasteiger partial charge in [0.1, 0.15) is 17.7 Å². The minimum atomic E-state index is -1.42. The molecule has 226 valence electrons. The number of carbonyl (C=O) groups is 4. The highest BCUT2D eigenvalue weighted by Crippen LogP contribution is 2.29. The Kier molecular flexibility index (Phi) is 10.6. The predicted octanol–water partition coefficient (Wildman–Crippen LogP) is 1.89. The summed E-state index contributed by atoms with van der Waals surface area (Å²) >= 11 is 0. The van der Waals surface area contributed by atoms with Gasteiger partial charge in [0.15, 0.2) is 5.69 Å². The van der Waals surface area contributed by atoms with Crippen LogP contribution in [-0.4, -0.2) is 62.4 Å². The molecule has 2 aromatic rings. The van der Waals surface area contributed by atoms with E-state index in [2.05, 4.69) is 22.2 Å². The zero-order valence-corrected chi connectivity index (χ0v) is 23.9. The summed E-state index contributed by atoms with van der Waals surface area (Å²) in [5, 5.41) is 15.9. The molecule has 1 fully saturated rings. The van der Waals surface area contributed by atoms with Crippen LogP contribution in [0.4, 0.5) is 4.39 Å². The lowest BCUT2D eigenvalue weighted by Gasteiger charge is -2.34. The molecule has 13 heteroatoms. The number of nitrogens with one attached hydrogen (secondary N) is 2. The monoisotopic (exact) mass is 585 g/mol. The van der Waals surface area contributed by atoms with Crippen molar-refractivity contribution in [1.82, 2.24) is 25.1 Å². The highest BCUT2D eigenvalue weighted by Gasteiger charge is 2.42. The molecule has 1 aromatic carbocycles. The van der Waals surface area contributed by atoms with E-state index >= 15 is 0 Å². The van der Waals surface area contributed by atoms with Gasteiger partial charge in [-0.3, -0.25) is 23.7 Å². The summed E-state index contributed by atoms with van der Waals surface area (Å²) in [7, 11) is 0. The number of likely N-dealkylation sites (tertiary alicyclic amines) is 1. The van der Waals surface area contributed by atoms with Gasteiger partial charge in [-0.25, -0.2) is 14.2 Å². The van der Waals surface area contributed by atoms with Gasteiger partial charge in [0.05, 0.1) is 12.1 Å². The van der Waals surface area contributed by atoms with E-state index in [9.17, 15) is 33.5 Å². The van der Waals surface area contributed by atoms with Crippen molar-refractivity contribution in [1.29, 1.82) is 0 Å². The van der Waals surface area contributed by atoms with Crippen LogP contribution in [0.25, 0.3) is 0 Å². The van der Waals surface area contributed by atoms with Crippen LogP contribution in [0, 0.1) is 5.82 Å². The van der Waals surface area contributed by atoms with E-state index in [1.165, 1.54) is 35.2 Å². The zero-order valence-electron chi connectivity index (χ0n) is 23.9. The van der Waals surface area contributed by atoms with E-state index in [0.29, 0.717) is 18.4 Å². The molecule has 0 unspecified atom stereocenters. The van der Waals surface area contributed by atoms with Crippen molar-refractivity contribution >= 4 is 23.7 Å². The van der Waals surface area contributed by atoms with Gasteiger partial charge in [0.25, 0.3) is 11.5 Å². The van der Waals surface area contributed by atoms with Gasteiger partial charge in [0, 0.05) is 19.6 Å². The number of ether oxygens (including phenoxy) is 1. The lowest BCUT2D eigenvalue weighted by atomic mass is 9.90. The number of halogens is 1. The average molecular weight is 586 g/mol. The quantitative estimate of drug-likeness (QED) is 0.205. The number of benzene rings is 1. The first-order valence-electron chi connectivity index (χ1n) is 13.8. The van der Waals surface area contributed by atoms with Crippen molar-refractivity contribution in [3.8, 4) is 5.75 Å². The molecular formula is C29H36FN5O7. The largest absolute Gasteiger partial charge is 0.501 e. The Morgan fingerprint density at radius 2 is 1.86 bits per heavy atom. The molecule has 0 bridgehead atoms. The van der Waals surface area contributed by atoms with Gasteiger partial charge in [-0.05, 0) is 50.3 Å². The van der Waals surface area contributed by atoms with Crippen molar-refractivity contribution in [2.75, 3.05) is 13.2 Å². The maximum atomic E-state index is 13.3. The zero-order chi connectivity index (χ0) is 31.0. The lowest BCUT2D eigenvalue weighted by Crippen LogP contribution is -2.55. The molecule has 0 aliphatic carbocycles. The molecule has 2 heterocycles. The second kappa shape index (κ2) is 13.9. The van der Waals surface area contributed by atoms with Crippen LogP contribution in [0.2, 0.25) is 0 Å². The Hall–Kier alpha value is -4.55. The first-order chi connectivity index (χ1) is 20.0. The van der Waals surface area contributed by atoms with Gasteiger partial charge >= 0.3 is 17.8 Å². The Labute approximate surface area is 242 Å². The minimum absolute atomic E-state index is 0.0410. The standard InChI is InChI=1S/C29H36FN5O7/c1-5-15-35-25(39)22(36)21(23(37)31-17-18-11-13-19(30)14-12-18)32-28(35)29(6-2,7-3)33-24(38)26(40)34-16-9-10-20(34)27(41)42-8-4/h5,11-14,20,36H,1,6-10,15-17H2,2-4H3,(H,31,37)(H,33,38)/t20-/m0/s1. The van der Waals surface area contributed by atoms with E-state index < -0.39 is 58.1 Å². The number of rotatable bonds is 11. The van der Waals surface area contributed by atoms with Crippen molar-refractivity contribution in [3.05, 3.63) is 70.2 Å². The smallest absolute Gasteiger partial charge is 0.328 e. The van der Waals surface area contributed by atoms with Crippen molar-refractivity contribution in [3.63, 3.8) is 0 Å². The van der Waals surface area contributed by atoms with Crippen LogP contribution in [0.1, 0.15) is 68.3 Å². The molecule has 0 radical (unpaired) electrons. The molecule has 3 amide bonds. The number of aromatic nitrogens is 2. The normalized spacial score (nSPS) is 14.8. The SMILES string of the molecule is C=CCn1c(C(CC)(CC)NC(=O)C(=O)N2CCC[C@H]2C(=O)OCC)nc(C(=O)NCc2ccc(F)cc2)c(O)c1=O. The second-order valence-corrected chi connectivity index (χ2v) is 9.80. The number of hydrogen-bond acceptors (Lipinski definition) is 8. The van der Waals surface area contributed by atoms with E-state index in [4.69, 9.17) is 4.74 Å². The minimum Gasteiger partial charge on any atom is -0.501 e. The number of hydrogen-bond donors (Lipinski definition) is 3. The fraction of sp³-hybridized carbons (Fsp3) is 0.448. The van der Waals surface area contributed by atoms with Crippen molar-refractivity contribution < 1.29 is 33.4 Å². The number of esters is 1. The van der Waals surface area contributed by atoms with Gasteiger partial charge in [-0.2, -0.15) is 0 Å². The Morgan fingerprint density at radius 3 is 2.45 bits per heavy atom. The van der Waals surface area contributed by atoms with E-state index in [0.717, 1.165) is 4.57 Å². The molecule has 12 nitrogen and oxygen atoms in total. The molecule has 1 aromatic heterocycles. The maximum absolute atomic E-state index is 13.3. The van der Waals surface area contributed by atoms with Gasteiger partial charge in [-0.1, -0.05) is 32.1 Å². The summed E-state index contributed by atoms with van der Waals surface area (Å²) in [6.07, 6.45) is 2.56. The fourth-order valence-electron chi connectivity index (χ4n) is 4.93. The third-order valence-electron chi connectivity index (χ3n) is 7.29. The number of aromatic hydroxyl groups is 1. The predicted molar refractivity (Wildman–Crippen MR) is 150 cm³/mol. The summed E-state index contributed by atoms with van der Waals surface area (Å²) in [6, 6.07) is 4.50. The van der Waals surface area contributed by atoms with Crippen LogP contribution < -0.4 is 16.2 Å². The van der Waals surface area contributed by atoms with E-state index in [1.807, 2.05) is 0 Å². The van der Waals surface area contributed by atoms with Crippen LogP contribution in [0.5, 0.6) is 5.75 Å². The summed E-state index contributed by atoms with van der Waals surface area (Å²) in [6.45, 7) is 8.87. The third kappa shape index (κ3) is 6.67. The third-order valence-corrected chi connectivity index (χ3v) is 7.29. The molecule has 1 saturated heterocycles. The summed E-state index contributed by atoms with van der Waals surface area (Å²) in [5.41, 5.74) is -2.38. The number of amides is 3. The molecule has 3 N–H and O–H groups in total. The average Bonchev–Trinajstić information content (AvgIpc) is 3.48. The first kappa shape index (κ1) is 32.0. The van der Waals surface area contributed by atoms with Gasteiger partial charge < -0.3 is 25.4 Å². The first-order valence-corrected chi connectivity index (χ1v) is 13.8. The molecule has 0 spiro atoms. The summed E-state index contributed by atoms with van der Waals surface area (Å²) in [4.78, 5) is 70.8. The molecule has 1 aliphatic heterocycles. The van der Waals surface area contributed by atoms with Crippen LogP contribution in [0.3, 0.4) is 0 Å². The number of nitrogens with zero attached hydrogens (tertiary/aromatic N) is 3. The van der Waals surface area contributed by atoms with E-state index in [-0.39, 0.29) is 44.9 Å². The van der Waals surface area contributed by atoms with Crippen molar-refractivity contribution in [2.45, 2.75) is 71.1 Å². The summed E-state index contributed by atoms with van der Waals surface area (Å²) in [5.74, 6) is -4.85. The van der Waals surface area contributed by atoms with Crippen molar-refractivity contribution in [2.24, 2.45) is 0 Å². The maximum Gasteiger partial charge on any atom is 0.328 e. The molecular weight excluding hydrogens is 549 g/mol. The van der Waals surface area contributed by atoms with Gasteiger partial charge in [0.2, 0.25) is 5.75 Å². The number of carbonyl (C=O) groups excluding carboxylic acids is 4. The highest BCUT2D eigenvalue weighted by molar-refractivity contribution is 6.35. The Morgan fingerprint density at radius 1 is 1.19 bits per heavy atom.